The van der Waals surface area contributed by atoms with Gasteiger partial charge in [0.05, 0.1) is 0 Å². The zero-order valence-corrected chi connectivity index (χ0v) is 10.4. The van der Waals surface area contributed by atoms with Crippen LogP contribution in [0.3, 0.4) is 0 Å². The average Bonchev–Trinajstić information content (AvgIpc) is 2.77. The van der Waals surface area contributed by atoms with Gasteiger partial charge in [0.15, 0.2) is 6.17 Å². The first-order valence-electron chi connectivity index (χ1n) is 5.65. The second-order valence-corrected chi connectivity index (χ2v) is 5.74. The first-order valence-corrected chi connectivity index (χ1v) is 5.65. The highest BCUT2D eigenvalue weighted by Crippen LogP contribution is 2.42. The van der Waals surface area contributed by atoms with Gasteiger partial charge >= 0.3 is 0 Å². The van der Waals surface area contributed by atoms with Gasteiger partial charge in [0, 0.05) is 12.6 Å². The second-order valence-electron chi connectivity index (χ2n) is 5.74. The number of amides is 1. The molecule has 0 aromatic rings. The van der Waals surface area contributed by atoms with E-state index in [0.29, 0.717) is 18.3 Å². The van der Waals surface area contributed by atoms with Crippen LogP contribution >= 0.6 is 0 Å². The van der Waals surface area contributed by atoms with E-state index in [1.54, 1.807) is 7.05 Å². The predicted octanol–water partition coefficient (Wildman–Crippen LogP) is 2.63. The highest BCUT2D eigenvalue weighted by atomic mass is 19.1. The predicted molar refractivity (Wildman–Crippen MR) is 59.3 cm³/mol. The Balaban J connectivity index is 2.45. The van der Waals surface area contributed by atoms with Gasteiger partial charge in [0.25, 0.3) is 5.91 Å². The summed E-state index contributed by atoms with van der Waals surface area (Å²) in [5.74, 6) is 0.662. The van der Waals surface area contributed by atoms with E-state index in [1.807, 2.05) is 20.8 Å². The minimum absolute atomic E-state index is 0.295. The maximum absolute atomic E-state index is 13.7. The first kappa shape index (κ1) is 12.5. The molecule has 2 nitrogen and oxygen atoms in total. The molecule has 0 radical (unpaired) electrons. The number of carbonyl (C=O) groups excluding carboxylic acids is 1. The minimum atomic E-state index is -1.32. The van der Waals surface area contributed by atoms with Crippen molar-refractivity contribution in [1.29, 1.82) is 0 Å². The zero-order chi connectivity index (χ0) is 11.8. The molecule has 0 aromatic heterocycles. The van der Waals surface area contributed by atoms with Crippen LogP contribution < -0.4 is 0 Å². The van der Waals surface area contributed by atoms with Gasteiger partial charge in [-0.3, -0.25) is 4.79 Å². The lowest BCUT2D eigenvalue weighted by Gasteiger charge is -2.33. The summed E-state index contributed by atoms with van der Waals surface area (Å²) in [4.78, 5) is 13.2. The molecule has 15 heavy (non-hydrogen) atoms. The summed E-state index contributed by atoms with van der Waals surface area (Å²) in [6.07, 6.45) is 0.164. The Morgan fingerprint density at radius 2 is 2.00 bits per heavy atom. The molecule has 1 saturated carbocycles. The van der Waals surface area contributed by atoms with Gasteiger partial charge in [-0.05, 0) is 45.4 Å². The van der Waals surface area contributed by atoms with Gasteiger partial charge in [-0.15, -0.1) is 0 Å². The van der Waals surface area contributed by atoms with Crippen molar-refractivity contribution in [1.82, 2.24) is 4.90 Å². The van der Waals surface area contributed by atoms with Crippen molar-refractivity contribution in [3.63, 3.8) is 0 Å². The molecule has 1 rings (SSSR count). The van der Waals surface area contributed by atoms with Gasteiger partial charge in [0.2, 0.25) is 0 Å². The maximum atomic E-state index is 13.7. The summed E-state index contributed by atoms with van der Waals surface area (Å²) in [6, 6.07) is 0. The Bertz CT molecular complexity index is 246. The third kappa shape index (κ3) is 3.18. The van der Waals surface area contributed by atoms with Crippen LogP contribution in [0.2, 0.25) is 0 Å². The Hall–Kier alpha value is -0.600. The fourth-order valence-electron chi connectivity index (χ4n) is 1.63. The molecule has 0 N–H and O–H groups in total. The van der Waals surface area contributed by atoms with Crippen molar-refractivity contribution in [2.45, 2.75) is 52.2 Å². The molecule has 0 bridgehead atoms. The number of carbonyl (C=O) groups is 1. The zero-order valence-electron chi connectivity index (χ0n) is 10.4. The van der Waals surface area contributed by atoms with Gasteiger partial charge in [-0.2, -0.15) is 0 Å². The van der Waals surface area contributed by atoms with Crippen LogP contribution in [-0.4, -0.2) is 29.6 Å². The maximum Gasteiger partial charge on any atom is 0.257 e. The van der Waals surface area contributed by atoms with Crippen LogP contribution in [0.1, 0.15) is 40.5 Å². The van der Waals surface area contributed by atoms with Crippen LogP contribution in [0.25, 0.3) is 0 Å². The Morgan fingerprint density at radius 3 is 2.33 bits per heavy atom. The lowest BCUT2D eigenvalue weighted by atomic mass is 10.0. The third-order valence-corrected chi connectivity index (χ3v) is 3.39. The summed E-state index contributed by atoms with van der Waals surface area (Å²) in [6.45, 7) is 7.85. The van der Waals surface area contributed by atoms with Gasteiger partial charge in [-0.25, -0.2) is 4.39 Å². The molecule has 3 atom stereocenters. The summed E-state index contributed by atoms with van der Waals surface area (Å²) < 4.78 is 13.7. The fourth-order valence-corrected chi connectivity index (χ4v) is 1.63. The van der Waals surface area contributed by atoms with Crippen molar-refractivity contribution in [3.05, 3.63) is 0 Å². The summed E-state index contributed by atoms with van der Waals surface area (Å²) in [5, 5.41) is 0. The molecule has 0 spiro atoms. The second kappa shape index (κ2) is 4.11. The smallest absolute Gasteiger partial charge is 0.257 e. The molecular formula is C12H22FNO. The lowest BCUT2D eigenvalue weighted by Crippen LogP contribution is -2.46. The normalized spacial score (nSPS) is 27.3. The molecule has 1 unspecified atom stereocenters. The first-order chi connectivity index (χ1) is 6.73. The lowest BCUT2D eigenvalue weighted by molar-refractivity contribution is -0.139. The van der Waals surface area contributed by atoms with E-state index in [2.05, 4.69) is 6.92 Å². The highest BCUT2D eigenvalue weighted by Gasteiger charge is 2.38. The van der Waals surface area contributed by atoms with E-state index in [1.165, 1.54) is 4.90 Å². The molecule has 1 aliphatic rings. The van der Waals surface area contributed by atoms with Crippen molar-refractivity contribution < 1.29 is 9.18 Å². The summed E-state index contributed by atoms with van der Waals surface area (Å²) >= 11 is 0. The van der Waals surface area contributed by atoms with E-state index in [4.69, 9.17) is 0 Å². The standard InChI is InChI=1S/C12H22FNO/c1-8-6-9(8)7-10(13)11(15)14(5)12(2,3)4/h8-10H,6-7H2,1-5H3/t8-,9-,10?/m1/s1. The Kier molecular flexibility index (Phi) is 3.41. The summed E-state index contributed by atoms with van der Waals surface area (Å²) in [7, 11) is 1.67. The van der Waals surface area contributed by atoms with Gasteiger partial charge in [-0.1, -0.05) is 6.92 Å². The van der Waals surface area contributed by atoms with Crippen molar-refractivity contribution in [2.75, 3.05) is 7.05 Å². The van der Waals surface area contributed by atoms with E-state index >= 15 is 0 Å². The number of halogens is 1. The third-order valence-electron chi connectivity index (χ3n) is 3.39. The number of rotatable bonds is 3. The molecule has 88 valence electrons. The van der Waals surface area contributed by atoms with E-state index in [9.17, 15) is 9.18 Å². The van der Waals surface area contributed by atoms with E-state index < -0.39 is 6.17 Å². The minimum Gasteiger partial charge on any atom is -0.338 e. The largest absolute Gasteiger partial charge is 0.338 e. The van der Waals surface area contributed by atoms with Crippen molar-refractivity contribution >= 4 is 5.91 Å². The van der Waals surface area contributed by atoms with Crippen LogP contribution in [0.5, 0.6) is 0 Å². The molecule has 1 amide bonds. The molecule has 1 aliphatic carbocycles. The number of nitrogens with zero attached hydrogens (tertiary/aromatic N) is 1. The van der Waals surface area contributed by atoms with E-state index in [-0.39, 0.29) is 11.4 Å². The van der Waals surface area contributed by atoms with Crippen LogP contribution in [0, 0.1) is 11.8 Å². The van der Waals surface area contributed by atoms with E-state index in [0.717, 1.165) is 6.42 Å². The Labute approximate surface area is 91.8 Å². The van der Waals surface area contributed by atoms with Crippen LogP contribution in [0.15, 0.2) is 0 Å². The number of hydrogen-bond donors (Lipinski definition) is 0. The summed E-state index contributed by atoms with van der Waals surface area (Å²) in [5.41, 5.74) is -0.295. The molecular weight excluding hydrogens is 193 g/mol. The molecule has 3 heteroatoms. The topological polar surface area (TPSA) is 20.3 Å². The van der Waals surface area contributed by atoms with Crippen molar-refractivity contribution in [3.8, 4) is 0 Å². The average molecular weight is 215 g/mol. The molecule has 0 saturated heterocycles. The molecule has 0 aromatic carbocycles. The SMILES string of the molecule is C[C@@H]1C[C@@H]1CC(F)C(=O)N(C)C(C)(C)C. The van der Waals surface area contributed by atoms with Gasteiger partial charge < -0.3 is 4.90 Å². The monoisotopic (exact) mass is 215 g/mol. The number of alkyl halides is 1. The highest BCUT2D eigenvalue weighted by molar-refractivity contribution is 5.81. The molecule has 1 fully saturated rings. The van der Waals surface area contributed by atoms with Gasteiger partial charge in [0.1, 0.15) is 0 Å². The Morgan fingerprint density at radius 1 is 1.53 bits per heavy atom. The quantitative estimate of drug-likeness (QED) is 0.708. The molecule has 0 heterocycles. The number of hydrogen-bond acceptors (Lipinski definition) is 1. The van der Waals surface area contributed by atoms with Crippen molar-refractivity contribution in [2.24, 2.45) is 11.8 Å². The van der Waals surface area contributed by atoms with Crippen LogP contribution in [0.4, 0.5) is 4.39 Å². The van der Waals surface area contributed by atoms with Crippen LogP contribution in [-0.2, 0) is 4.79 Å². The fraction of sp³-hybridized carbons (Fsp3) is 0.917. The molecule has 0 aliphatic heterocycles.